The van der Waals surface area contributed by atoms with E-state index >= 15 is 0 Å². The molecule has 0 unspecified atom stereocenters. The van der Waals surface area contributed by atoms with Crippen molar-refractivity contribution in [1.29, 1.82) is 0 Å². The van der Waals surface area contributed by atoms with Crippen LogP contribution in [0.15, 0.2) is 24.3 Å². The first-order chi connectivity index (χ1) is 5.38. The standard InChI is InChI=1S/C9H11NO/c10-9-6-11-5-7-3-1-2-4-8(7)9/h1-4,9H,5-6,10H2/t9-/m1/s1. The Hall–Kier alpha value is -0.860. The predicted octanol–water partition coefficient (Wildman–Crippen LogP) is 1.22. The maximum atomic E-state index is 5.82. The van der Waals surface area contributed by atoms with E-state index in [9.17, 15) is 0 Å². The number of rotatable bonds is 0. The second-order valence-corrected chi connectivity index (χ2v) is 2.82. The predicted molar refractivity (Wildman–Crippen MR) is 43.0 cm³/mol. The number of hydrogen-bond donors (Lipinski definition) is 1. The molecule has 0 aliphatic carbocycles. The molecule has 11 heavy (non-hydrogen) atoms. The minimum Gasteiger partial charge on any atom is -0.375 e. The van der Waals surface area contributed by atoms with Crippen LogP contribution in [0, 0.1) is 0 Å². The molecule has 2 heteroatoms. The number of nitrogens with two attached hydrogens (primary N) is 1. The third-order valence-electron chi connectivity index (χ3n) is 2.01. The maximum Gasteiger partial charge on any atom is 0.0721 e. The Labute approximate surface area is 66.0 Å². The molecule has 1 aliphatic rings. The highest BCUT2D eigenvalue weighted by Crippen LogP contribution is 2.21. The van der Waals surface area contributed by atoms with Gasteiger partial charge in [0.2, 0.25) is 0 Å². The molecule has 2 nitrogen and oxygen atoms in total. The first-order valence-electron chi connectivity index (χ1n) is 3.79. The normalized spacial score (nSPS) is 22.8. The van der Waals surface area contributed by atoms with E-state index < -0.39 is 0 Å². The maximum absolute atomic E-state index is 5.82. The summed E-state index contributed by atoms with van der Waals surface area (Å²) in [6.07, 6.45) is 0. The third kappa shape index (κ3) is 1.15. The molecule has 1 aromatic carbocycles. The minimum atomic E-state index is 0.0694. The van der Waals surface area contributed by atoms with E-state index in [0.717, 1.165) is 0 Å². The summed E-state index contributed by atoms with van der Waals surface area (Å²) in [5.41, 5.74) is 8.28. The molecule has 0 saturated heterocycles. The lowest BCUT2D eigenvalue weighted by molar-refractivity contribution is 0.0924. The first-order valence-corrected chi connectivity index (χ1v) is 3.79. The van der Waals surface area contributed by atoms with E-state index in [1.807, 2.05) is 12.1 Å². The lowest BCUT2D eigenvalue weighted by Crippen LogP contribution is -2.23. The van der Waals surface area contributed by atoms with Gasteiger partial charge in [0, 0.05) is 0 Å². The Kier molecular flexibility index (Phi) is 1.64. The van der Waals surface area contributed by atoms with Gasteiger partial charge in [-0.3, -0.25) is 0 Å². The van der Waals surface area contributed by atoms with Gasteiger partial charge in [-0.2, -0.15) is 0 Å². The van der Waals surface area contributed by atoms with Gasteiger partial charge in [-0.15, -0.1) is 0 Å². The third-order valence-corrected chi connectivity index (χ3v) is 2.01. The fourth-order valence-electron chi connectivity index (χ4n) is 1.41. The number of ether oxygens (including phenoxy) is 1. The lowest BCUT2D eigenvalue weighted by atomic mass is 10.0. The number of benzene rings is 1. The quantitative estimate of drug-likeness (QED) is 0.602. The summed E-state index contributed by atoms with van der Waals surface area (Å²) in [7, 11) is 0. The number of fused-ring (bicyclic) bond motifs is 1. The highest BCUT2D eigenvalue weighted by Gasteiger charge is 2.15. The average Bonchev–Trinajstić information content (AvgIpc) is 2.06. The van der Waals surface area contributed by atoms with Gasteiger partial charge in [0.15, 0.2) is 0 Å². The van der Waals surface area contributed by atoms with E-state index in [-0.39, 0.29) is 6.04 Å². The van der Waals surface area contributed by atoms with Gasteiger partial charge in [-0.1, -0.05) is 24.3 Å². The van der Waals surface area contributed by atoms with Gasteiger partial charge in [0.25, 0.3) is 0 Å². The molecule has 2 N–H and O–H groups in total. The van der Waals surface area contributed by atoms with Gasteiger partial charge >= 0.3 is 0 Å². The Morgan fingerprint density at radius 2 is 2.18 bits per heavy atom. The van der Waals surface area contributed by atoms with Crippen molar-refractivity contribution in [2.75, 3.05) is 6.61 Å². The van der Waals surface area contributed by atoms with Crippen LogP contribution in [0.25, 0.3) is 0 Å². The number of hydrogen-bond acceptors (Lipinski definition) is 2. The van der Waals surface area contributed by atoms with Gasteiger partial charge in [-0.25, -0.2) is 0 Å². The van der Waals surface area contributed by atoms with Crippen LogP contribution in [-0.4, -0.2) is 6.61 Å². The van der Waals surface area contributed by atoms with Crippen LogP contribution >= 0.6 is 0 Å². The molecule has 0 aromatic heterocycles. The van der Waals surface area contributed by atoms with Crippen molar-refractivity contribution in [1.82, 2.24) is 0 Å². The fraction of sp³-hybridized carbons (Fsp3) is 0.333. The van der Waals surface area contributed by atoms with Crippen LogP contribution in [0.3, 0.4) is 0 Å². The van der Waals surface area contributed by atoms with Crippen molar-refractivity contribution in [3.8, 4) is 0 Å². The summed E-state index contributed by atoms with van der Waals surface area (Å²) >= 11 is 0. The van der Waals surface area contributed by atoms with Crippen molar-refractivity contribution in [3.05, 3.63) is 35.4 Å². The molecule has 1 atom stereocenters. The molecule has 0 spiro atoms. The topological polar surface area (TPSA) is 35.2 Å². The monoisotopic (exact) mass is 149 g/mol. The highest BCUT2D eigenvalue weighted by atomic mass is 16.5. The highest BCUT2D eigenvalue weighted by molar-refractivity contribution is 5.30. The molecule has 1 aromatic rings. The summed E-state index contributed by atoms with van der Waals surface area (Å²) in [5.74, 6) is 0. The van der Waals surface area contributed by atoms with Crippen molar-refractivity contribution < 1.29 is 4.74 Å². The summed E-state index contributed by atoms with van der Waals surface area (Å²) < 4.78 is 5.28. The zero-order chi connectivity index (χ0) is 7.68. The first kappa shape index (κ1) is 6.83. The van der Waals surface area contributed by atoms with Crippen LogP contribution in [0.1, 0.15) is 17.2 Å². The van der Waals surface area contributed by atoms with Crippen LogP contribution in [-0.2, 0) is 11.3 Å². The molecule has 0 bridgehead atoms. The van der Waals surface area contributed by atoms with Gasteiger partial charge in [-0.05, 0) is 11.1 Å². The minimum absolute atomic E-state index is 0.0694. The van der Waals surface area contributed by atoms with E-state index in [1.165, 1.54) is 11.1 Å². The summed E-state index contributed by atoms with van der Waals surface area (Å²) in [6, 6.07) is 8.24. The van der Waals surface area contributed by atoms with Gasteiger partial charge in [0.1, 0.15) is 0 Å². The van der Waals surface area contributed by atoms with E-state index in [1.54, 1.807) is 0 Å². The van der Waals surface area contributed by atoms with E-state index in [4.69, 9.17) is 10.5 Å². The largest absolute Gasteiger partial charge is 0.375 e. The molecular weight excluding hydrogens is 138 g/mol. The Morgan fingerprint density at radius 3 is 3.00 bits per heavy atom. The molecule has 0 radical (unpaired) electrons. The SMILES string of the molecule is N[C@@H]1COCc2ccccc21. The van der Waals surface area contributed by atoms with Crippen molar-refractivity contribution >= 4 is 0 Å². The molecule has 2 rings (SSSR count). The molecule has 58 valence electrons. The zero-order valence-electron chi connectivity index (χ0n) is 6.29. The van der Waals surface area contributed by atoms with Crippen LogP contribution in [0.5, 0.6) is 0 Å². The zero-order valence-corrected chi connectivity index (χ0v) is 6.29. The van der Waals surface area contributed by atoms with Crippen LogP contribution < -0.4 is 5.73 Å². The molecule has 0 amide bonds. The van der Waals surface area contributed by atoms with Crippen LogP contribution in [0.4, 0.5) is 0 Å². The molecular formula is C9H11NO. The Morgan fingerprint density at radius 1 is 1.36 bits per heavy atom. The van der Waals surface area contributed by atoms with E-state index in [0.29, 0.717) is 13.2 Å². The second-order valence-electron chi connectivity index (χ2n) is 2.82. The van der Waals surface area contributed by atoms with Gasteiger partial charge in [0.05, 0.1) is 19.3 Å². The molecule has 1 aliphatic heterocycles. The smallest absolute Gasteiger partial charge is 0.0721 e. The molecule has 1 heterocycles. The second kappa shape index (κ2) is 2.64. The van der Waals surface area contributed by atoms with Crippen LogP contribution in [0.2, 0.25) is 0 Å². The molecule has 0 saturated carbocycles. The van der Waals surface area contributed by atoms with Crippen molar-refractivity contribution in [2.24, 2.45) is 5.73 Å². The Bertz CT molecular complexity index is 259. The average molecular weight is 149 g/mol. The Balaban J connectivity index is 2.44. The van der Waals surface area contributed by atoms with Crippen molar-refractivity contribution in [2.45, 2.75) is 12.6 Å². The summed E-state index contributed by atoms with van der Waals surface area (Å²) in [6.45, 7) is 1.36. The van der Waals surface area contributed by atoms with Gasteiger partial charge < -0.3 is 10.5 Å². The van der Waals surface area contributed by atoms with E-state index in [2.05, 4.69) is 12.1 Å². The fourth-order valence-corrected chi connectivity index (χ4v) is 1.41. The summed E-state index contributed by atoms with van der Waals surface area (Å²) in [4.78, 5) is 0. The summed E-state index contributed by atoms with van der Waals surface area (Å²) in [5, 5.41) is 0. The van der Waals surface area contributed by atoms with Crippen molar-refractivity contribution in [3.63, 3.8) is 0 Å². The molecule has 0 fully saturated rings. The lowest BCUT2D eigenvalue weighted by Gasteiger charge is -2.21.